The Morgan fingerprint density at radius 3 is 2.82 bits per heavy atom. The number of pyridine rings is 1. The van der Waals surface area contributed by atoms with Crippen LogP contribution < -0.4 is 0 Å². The van der Waals surface area contributed by atoms with Crippen LogP contribution >= 0.6 is 15.9 Å². The van der Waals surface area contributed by atoms with Crippen LogP contribution in [0, 0.1) is 6.92 Å². The van der Waals surface area contributed by atoms with Crippen LogP contribution in [0.4, 0.5) is 0 Å². The summed E-state index contributed by atoms with van der Waals surface area (Å²) in [5, 5.41) is 1.05. The summed E-state index contributed by atoms with van der Waals surface area (Å²) < 4.78 is 0. The highest BCUT2D eigenvalue weighted by atomic mass is 79.9. The van der Waals surface area contributed by atoms with E-state index in [4.69, 9.17) is 0 Å². The number of nitrogens with zero attached hydrogens (tertiary/aromatic N) is 2. The Morgan fingerprint density at radius 2 is 2.18 bits per heavy atom. The van der Waals surface area contributed by atoms with E-state index < -0.39 is 0 Å². The van der Waals surface area contributed by atoms with Gasteiger partial charge in [0.15, 0.2) is 0 Å². The van der Waals surface area contributed by atoms with Crippen LogP contribution in [-0.2, 0) is 6.54 Å². The number of halogens is 1. The third kappa shape index (κ3) is 3.52. The molecule has 0 bridgehead atoms. The smallest absolute Gasteiger partial charge is 0.0573 e. The molecular weight excluding hydrogens is 276 g/mol. The molecule has 0 aliphatic heterocycles. The molecule has 3 heteroatoms. The van der Waals surface area contributed by atoms with Crippen molar-refractivity contribution in [1.29, 1.82) is 0 Å². The van der Waals surface area contributed by atoms with Gasteiger partial charge in [-0.2, -0.15) is 0 Å². The zero-order chi connectivity index (χ0) is 12.1. The molecule has 17 heavy (non-hydrogen) atoms. The first-order valence-corrected chi connectivity index (χ1v) is 7.64. The molecule has 1 aliphatic rings. The van der Waals surface area contributed by atoms with Crippen LogP contribution in [0.5, 0.6) is 0 Å². The summed E-state index contributed by atoms with van der Waals surface area (Å²) >= 11 is 3.57. The van der Waals surface area contributed by atoms with Crippen LogP contribution in [0.3, 0.4) is 0 Å². The predicted octanol–water partition coefficient (Wildman–Crippen LogP) is 3.53. The van der Waals surface area contributed by atoms with Crippen molar-refractivity contribution in [2.24, 2.45) is 0 Å². The van der Waals surface area contributed by atoms with Crippen molar-refractivity contribution >= 4 is 15.9 Å². The topological polar surface area (TPSA) is 16.1 Å². The molecule has 2 nitrogen and oxygen atoms in total. The molecule has 1 aromatic heterocycles. The normalized spacial score (nSPS) is 16.9. The Bertz CT molecular complexity index is 348. The lowest BCUT2D eigenvalue weighted by Crippen LogP contribution is -2.34. The highest BCUT2D eigenvalue weighted by Gasteiger charge is 2.22. The summed E-state index contributed by atoms with van der Waals surface area (Å²) in [7, 11) is 0. The molecule has 1 heterocycles. The zero-order valence-electron chi connectivity index (χ0n) is 10.5. The molecule has 0 amide bonds. The van der Waals surface area contributed by atoms with Gasteiger partial charge in [-0.25, -0.2) is 0 Å². The van der Waals surface area contributed by atoms with Gasteiger partial charge in [0.2, 0.25) is 0 Å². The van der Waals surface area contributed by atoms with Crippen LogP contribution in [0.15, 0.2) is 18.3 Å². The van der Waals surface area contributed by atoms with Crippen molar-refractivity contribution in [3.05, 3.63) is 29.6 Å². The predicted molar refractivity (Wildman–Crippen MR) is 75.4 cm³/mol. The first-order valence-electron chi connectivity index (χ1n) is 6.52. The Morgan fingerprint density at radius 1 is 1.41 bits per heavy atom. The molecule has 1 aliphatic carbocycles. The minimum atomic E-state index is 0.772. The number of hydrogen-bond acceptors (Lipinski definition) is 2. The molecule has 1 aromatic rings. The van der Waals surface area contributed by atoms with Gasteiger partial charge in [-0.1, -0.05) is 34.8 Å². The van der Waals surface area contributed by atoms with E-state index in [1.807, 2.05) is 12.3 Å². The SMILES string of the molecule is Cc1cccnc1CN(CCBr)C1CCCC1. The number of hydrogen-bond donors (Lipinski definition) is 0. The Hall–Kier alpha value is -0.410. The summed E-state index contributed by atoms with van der Waals surface area (Å²) in [6.07, 6.45) is 7.41. The molecule has 0 saturated heterocycles. The van der Waals surface area contributed by atoms with Gasteiger partial charge in [-0.3, -0.25) is 9.88 Å². The fourth-order valence-electron chi connectivity index (χ4n) is 2.64. The van der Waals surface area contributed by atoms with Crippen LogP contribution in [0.1, 0.15) is 36.9 Å². The van der Waals surface area contributed by atoms with Crippen molar-refractivity contribution in [3.8, 4) is 0 Å². The van der Waals surface area contributed by atoms with Gasteiger partial charge in [-0.05, 0) is 31.4 Å². The molecule has 0 aromatic carbocycles. The van der Waals surface area contributed by atoms with Crippen molar-refractivity contribution in [1.82, 2.24) is 9.88 Å². The Labute approximate surface area is 113 Å². The second-order valence-electron chi connectivity index (χ2n) is 4.86. The van der Waals surface area contributed by atoms with Gasteiger partial charge in [0.05, 0.1) is 5.69 Å². The van der Waals surface area contributed by atoms with Crippen molar-refractivity contribution in [2.45, 2.75) is 45.2 Å². The molecular formula is C14H21BrN2. The monoisotopic (exact) mass is 296 g/mol. The van der Waals surface area contributed by atoms with Gasteiger partial charge in [0.25, 0.3) is 0 Å². The van der Waals surface area contributed by atoms with E-state index in [9.17, 15) is 0 Å². The van der Waals surface area contributed by atoms with Crippen molar-refractivity contribution in [3.63, 3.8) is 0 Å². The maximum Gasteiger partial charge on any atom is 0.0573 e. The first kappa shape index (κ1) is 13.0. The van der Waals surface area contributed by atoms with Crippen molar-refractivity contribution < 1.29 is 0 Å². The van der Waals surface area contributed by atoms with E-state index >= 15 is 0 Å². The van der Waals surface area contributed by atoms with E-state index in [-0.39, 0.29) is 0 Å². The van der Waals surface area contributed by atoms with Gasteiger partial charge in [-0.15, -0.1) is 0 Å². The standard InChI is InChI=1S/C14H21BrN2/c1-12-5-4-9-16-14(12)11-17(10-8-15)13-6-2-3-7-13/h4-5,9,13H,2-3,6-8,10-11H2,1H3. The maximum atomic E-state index is 4.51. The van der Waals surface area contributed by atoms with Gasteiger partial charge in [0.1, 0.15) is 0 Å². The van der Waals surface area contributed by atoms with Gasteiger partial charge in [0, 0.05) is 30.7 Å². The summed E-state index contributed by atoms with van der Waals surface area (Å²) in [6.45, 7) is 4.28. The zero-order valence-corrected chi connectivity index (χ0v) is 12.1. The average molecular weight is 297 g/mol. The van der Waals surface area contributed by atoms with Gasteiger partial charge >= 0.3 is 0 Å². The second-order valence-corrected chi connectivity index (χ2v) is 5.66. The number of aryl methyl sites for hydroxylation is 1. The highest BCUT2D eigenvalue weighted by Crippen LogP contribution is 2.25. The Balaban J connectivity index is 2.04. The number of aromatic nitrogens is 1. The maximum absolute atomic E-state index is 4.51. The van der Waals surface area contributed by atoms with Crippen molar-refractivity contribution in [2.75, 3.05) is 11.9 Å². The van der Waals surface area contributed by atoms with Crippen LogP contribution in [-0.4, -0.2) is 27.8 Å². The summed E-state index contributed by atoms with van der Waals surface area (Å²) in [5.41, 5.74) is 2.55. The summed E-state index contributed by atoms with van der Waals surface area (Å²) in [5.74, 6) is 0. The molecule has 0 N–H and O–H groups in total. The largest absolute Gasteiger partial charge is 0.294 e. The Kier molecular flexibility index (Phi) is 4.99. The summed E-state index contributed by atoms with van der Waals surface area (Å²) in [6, 6.07) is 4.95. The molecule has 94 valence electrons. The molecule has 0 radical (unpaired) electrons. The van der Waals surface area contributed by atoms with E-state index in [0.29, 0.717) is 0 Å². The summed E-state index contributed by atoms with van der Waals surface area (Å²) in [4.78, 5) is 7.11. The molecule has 1 fully saturated rings. The highest BCUT2D eigenvalue weighted by molar-refractivity contribution is 9.09. The van der Waals surface area contributed by atoms with Crippen LogP contribution in [0.2, 0.25) is 0 Å². The van der Waals surface area contributed by atoms with E-state index in [1.54, 1.807) is 0 Å². The minimum absolute atomic E-state index is 0.772. The van der Waals surface area contributed by atoms with Gasteiger partial charge < -0.3 is 0 Å². The lowest BCUT2D eigenvalue weighted by atomic mass is 10.1. The molecule has 0 atom stereocenters. The molecule has 1 saturated carbocycles. The fraction of sp³-hybridized carbons (Fsp3) is 0.643. The third-order valence-electron chi connectivity index (χ3n) is 3.68. The molecule has 2 rings (SSSR count). The van der Waals surface area contributed by atoms with E-state index in [0.717, 1.165) is 24.5 Å². The quantitative estimate of drug-likeness (QED) is 0.773. The van der Waals surface area contributed by atoms with E-state index in [2.05, 4.69) is 38.8 Å². The third-order valence-corrected chi connectivity index (χ3v) is 4.04. The lowest BCUT2D eigenvalue weighted by Gasteiger charge is -2.28. The molecule has 0 spiro atoms. The molecule has 0 unspecified atom stereocenters. The first-order chi connectivity index (χ1) is 8.31. The second kappa shape index (κ2) is 6.50. The lowest BCUT2D eigenvalue weighted by molar-refractivity contribution is 0.200. The van der Waals surface area contributed by atoms with E-state index in [1.165, 1.54) is 36.9 Å². The average Bonchev–Trinajstić information content (AvgIpc) is 2.85. The number of rotatable bonds is 5. The number of alkyl halides is 1. The fourth-order valence-corrected chi connectivity index (χ4v) is 3.10. The van der Waals surface area contributed by atoms with Crippen LogP contribution in [0.25, 0.3) is 0 Å². The minimum Gasteiger partial charge on any atom is -0.294 e.